The lowest BCUT2D eigenvalue weighted by atomic mass is 10.1. The Morgan fingerprint density at radius 3 is 2.55 bits per heavy atom. The van der Waals surface area contributed by atoms with Crippen molar-refractivity contribution in [2.24, 2.45) is 5.92 Å². The van der Waals surface area contributed by atoms with E-state index in [1.807, 2.05) is 0 Å². The molecule has 1 aromatic rings. The number of rotatable bonds is 4. The highest BCUT2D eigenvalue weighted by Crippen LogP contribution is 2.29. The lowest BCUT2D eigenvalue weighted by molar-refractivity contribution is 0.195. The summed E-state index contributed by atoms with van der Waals surface area (Å²) >= 11 is 0. The molecule has 0 bridgehead atoms. The van der Waals surface area contributed by atoms with Crippen molar-refractivity contribution in [3.8, 4) is 5.75 Å². The molecule has 1 heterocycles. The lowest BCUT2D eigenvalue weighted by Crippen LogP contribution is -2.37. The van der Waals surface area contributed by atoms with Gasteiger partial charge in [-0.1, -0.05) is 19.1 Å². The monoisotopic (exact) mass is 302 g/mol. The summed E-state index contributed by atoms with van der Waals surface area (Å²) in [4.78, 5) is 5.37. The van der Waals surface area contributed by atoms with Crippen LogP contribution in [0.2, 0.25) is 0 Å². The van der Waals surface area contributed by atoms with Gasteiger partial charge in [-0.05, 0) is 62.4 Å². The molecule has 2 aliphatic rings. The lowest BCUT2D eigenvalue weighted by Gasteiger charge is -2.27. The van der Waals surface area contributed by atoms with Crippen LogP contribution in [0.15, 0.2) is 24.3 Å². The molecule has 0 aromatic heterocycles. The number of nitrogens with zero attached hydrogens (tertiary/aromatic N) is 2. The van der Waals surface area contributed by atoms with Crippen molar-refractivity contribution in [3.05, 3.63) is 29.8 Å². The van der Waals surface area contributed by atoms with Gasteiger partial charge in [-0.3, -0.25) is 9.80 Å². The van der Waals surface area contributed by atoms with Crippen molar-refractivity contribution in [1.29, 1.82) is 0 Å². The highest BCUT2D eigenvalue weighted by Gasteiger charge is 2.28. The first kappa shape index (κ1) is 15.8. The number of hydrogen-bond acceptors (Lipinski definition) is 3. The van der Waals surface area contributed by atoms with Crippen molar-refractivity contribution in [2.45, 2.75) is 45.2 Å². The van der Waals surface area contributed by atoms with Crippen LogP contribution < -0.4 is 4.74 Å². The Hall–Kier alpha value is -1.06. The molecule has 0 radical (unpaired) electrons. The van der Waals surface area contributed by atoms with Crippen LogP contribution in [-0.4, -0.2) is 49.1 Å². The summed E-state index contributed by atoms with van der Waals surface area (Å²) in [5.41, 5.74) is 1.39. The minimum atomic E-state index is 0.857. The Bertz CT molecular complexity index is 459. The molecule has 122 valence electrons. The number of benzene rings is 1. The van der Waals surface area contributed by atoms with Crippen LogP contribution in [0.3, 0.4) is 0 Å². The highest BCUT2D eigenvalue weighted by atomic mass is 16.5. The third-order valence-electron chi connectivity index (χ3n) is 5.37. The van der Waals surface area contributed by atoms with E-state index in [4.69, 9.17) is 4.74 Å². The first-order chi connectivity index (χ1) is 10.7. The van der Waals surface area contributed by atoms with E-state index in [9.17, 15) is 0 Å². The molecular formula is C19H30N2O. The van der Waals surface area contributed by atoms with Crippen LogP contribution in [0.4, 0.5) is 0 Å². The van der Waals surface area contributed by atoms with Crippen molar-refractivity contribution in [3.63, 3.8) is 0 Å². The SMILES string of the molecule is COc1ccc(CN2CCCN([C@@H]3CC[C@@H](C)C3)CC2)cc1. The van der Waals surface area contributed by atoms with Crippen molar-refractivity contribution >= 4 is 0 Å². The molecule has 3 rings (SSSR count). The average molecular weight is 302 g/mol. The second kappa shape index (κ2) is 7.47. The quantitative estimate of drug-likeness (QED) is 0.848. The molecule has 22 heavy (non-hydrogen) atoms. The molecule has 2 fully saturated rings. The predicted octanol–water partition coefficient (Wildman–Crippen LogP) is 3.39. The van der Waals surface area contributed by atoms with Crippen LogP contribution >= 0.6 is 0 Å². The summed E-state index contributed by atoms with van der Waals surface area (Å²) in [5.74, 6) is 1.88. The van der Waals surface area contributed by atoms with Gasteiger partial charge in [-0.15, -0.1) is 0 Å². The topological polar surface area (TPSA) is 15.7 Å². The van der Waals surface area contributed by atoms with E-state index in [0.29, 0.717) is 0 Å². The second-order valence-corrected chi connectivity index (χ2v) is 7.09. The Kier molecular flexibility index (Phi) is 5.37. The third kappa shape index (κ3) is 4.02. The number of ether oxygens (including phenoxy) is 1. The summed E-state index contributed by atoms with van der Waals surface area (Å²) in [7, 11) is 1.72. The van der Waals surface area contributed by atoms with Gasteiger partial charge in [0, 0.05) is 25.7 Å². The minimum Gasteiger partial charge on any atom is -0.497 e. The molecule has 0 amide bonds. The van der Waals surface area contributed by atoms with E-state index in [1.54, 1.807) is 7.11 Å². The van der Waals surface area contributed by atoms with Crippen molar-refractivity contribution < 1.29 is 4.74 Å². The normalized spacial score (nSPS) is 27.7. The largest absolute Gasteiger partial charge is 0.497 e. The van der Waals surface area contributed by atoms with E-state index >= 15 is 0 Å². The number of methoxy groups -OCH3 is 1. The summed E-state index contributed by atoms with van der Waals surface area (Å²) < 4.78 is 5.24. The predicted molar refractivity (Wildman–Crippen MR) is 91.3 cm³/mol. The van der Waals surface area contributed by atoms with E-state index in [0.717, 1.165) is 24.3 Å². The Morgan fingerprint density at radius 2 is 1.86 bits per heavy atom. The molecule has 0 spiro atoms. The molecular weight excluding hydrogens is 272 g/mol. The molecule has 0 N–H and O–H groups in total. The Labute approximate surface area is 135 Å². The van der Waals surface area contributed by atoms with Gasteiger partial charge in [0.2, 0.25) is 0 Å². The van der Waals surface area contributed by atoms with Gasteiger partial charge in [0.25, 0.3) is 0 Å². The molecule has 1 saturated carbocycles. The summed E-state index contributed by atoms with van der Waals surface area (Å²) in [6.45, 7) is 8.44. The fraction of sp³-hybridized carbons (Fsp3) is 0.684. The summed E-state index contributed by atoms with van der Waals surface area (Å²) in [6, 6.07) is 9.38. The highest BCUT2D eigenvalue weighted by molar-refractivity contribution is 5.27. The molecule has 1 aromatic carbocycles. The van der Waals surface area contributed by atoms with E-state index < -0.39 is 0 Å². The second-order valence-electron chi connectivity index (χ2n) is 7.09. The molecule has 3 nitrogen and oxygen atoms in total. The standard InChI is InChI=1S/C19H30N2O/c1-16-4-7-18(14-16)21-11-3-10-20(12-13-21)15-17-5-8-19(22-2)9-6-17/h5-6,8-9,16,18H,3-4,7,10-15H2,1-2H3/t16-,18-/m1/s1. The molecule has 1 aliphatic carbocycles. The average Bonchev–Trinajstić information content (AvgIpc) is 2.83. The zero-order valence-electron chi connectivity index (χ0n) is 14.1. The minimum absolute atomic E-state index is 0.857. The Morgan fingerprint density at radius 1 is 1.05 bits per heavy atom. The summed E-state index contributed by atoms with van der Waals surface area (Å²) in [6.07, 6.45) is 5.57. The zero-order chi connectivity index (χ0) is 15.4. The maximum Gasteiger partial charge on any atom is 0.118 e. The molecule has 2 atom stereocenters. The van der Waals surface area contributed by atoms with Crippen LogP contribution in [0.5, 0.6) is 5.75 Å². The van der Waals surface area contributed by atoms with Gasteiger partial charge in [-0.2, -0.15) is 0 Å². The van der Waals surface area contributed by atoms with Gasteiger partial charge in [0.05, 0.1) is 7.11 Å². The van der Waals surface area contributed by atoms with Crippen LogP contribution in [0, 0.1) is 5.92 Å². The van der Waals surface area contributed by atoms with Crippen molar-refractivity contribution in [1.82, 2.24) is 9.80 Å². The van der Waals surface area contributed by atoms with E-state index in [-0.39, 0.29) is 0 Å². The van der Waals surface area contributed by atoms with Gasteiger partial charge >= 0.3 is 0 Å². The Balaban J connectivity index is 1.51. The van der Waals surface area contributed by atoms with Gasteiger partial charge in [0.1, 0.15) is 5.75 Å². The first-order valence-corrected chi connectivity index (χ1v) is 8.84. The van der Waals surface area contributed by atoms with Gasteiger partial charge in [0.15, 0.2) is 0 Å². The van der Waals surface area contributed by atoms with Gasteiger partial charge in [-0.25, -0.2) is 0 Å². The maximum absolute atomic E-state index is 5.24. The third-order valence-corrected chi connectivity index (χ3v) is 5.37. The van der Waals surface area contributed by atoms with Crippen molar-refractivity contribution in [2.75, 3.05) is 33.3 Å². The first-order valence-electron chi connectivity index (χ1n) is 8.84. The van der Waals surface area contributed by atoms with E-state index in [1.165, 1.54) is 57.4 Å². The molecule has 1 aliphatic heterocycles. The number of hydrogen-bond donors (Lipinski definition) is 0. The van der Waals surface area contributed by atoms with E-state index in [2.05, 4.69) is 41.0 Å². The molecule has 0 unspecified atom stereocenters. The smallest absolute Gasteiger partial charge is 0.118 e. The zero-order valence-corrected chi connectivity index (χ0v) is 14.1. The van der Waals surface area contributed by atoms with Gasteiger partial charge < -0.3 is 4.74 Å². The fourth-order valence-corrected chi connectivity index (χ4v) is 4.01. The molecule has 1 saturated heterocycles. The molecule has 3 heteroatoms. The fourth-order valence-electron chi connectivity index (χ4n) is 4.01. The van der Waals surface area contributed by atoms with Crippen LogP contribution in [0.1, 0.15) is 38.2 Å². The maximum atomic E-state index is 5.24. The van der Waals surface area contributed by atoms with Crippen LogP contribution in [-0.2, 0) is 6.54 Å². The van der Waals surface area contributed by atoms with Crippen LogP contribution in [0.25, 0.3) is 0 Å². The summed E-state index contributed by atoms with van der Waals surface area (Å²) in [5, 5.41) is 0.